The van der Waals surface area contributed by atoms with Gasteiger partial charge in [0.2, 0.25) is 0 Å². The van der Waals surface area contributed by atoms with Gasteiger partial charge in [-0.3, -0.25) is 0 Å². The van der Waals surface area contributed by atoms with Crippen molar-refractivity contribution in [3.8, 4) is 0 Å². The van der Waals surface area contributed by atoms with E-state index in [1.807, 2.05) is 0 Å². The van der Waals surface area contributed by atoms with Gasteiger partial charge in [0.15, 0.2) is 0 Å². The van der Waals surface area contributed by atoms with Gasteiger partial charge in [-0.05, 0) is 6.42 Å². The van der Waals surface area contributed by atoms with Gasteiger partial charge < -0.3 is 14.3 Å². The summed E-state index contributed by atoms with van der Waals surface area (Å²) in [5, 5.41) is 8.91. The van der Waals surface area contributed by atoms with Gasteiger partial charge in [-0.15, -0.1) is 0 Å². The highest BCUT2D eigenvalue weighted by Crippen LogP contribution is 2.13. The maximum Gasteiger partial charge on any atom is 0.102 e. The number of unbranched alkanes of at least 4 members (excludes halogenated alkanes) is 13. The van der Waals surface area contributed by atoms with E-state index in [4.69, 9.17) is 9.84 Å². The van der Waals surface area contributed by atoms with Crippen LogP contribution >= 0.6 is 0 Å². The topological polar surface area (TPSA) is 29.5 Å². The molecule has 3 heteroatoms. The monoisotopic (exact) mass is 372 g/mol. The first kappa shape index (κ1) is 25.9. The number of hydrogen-bond donors (Lipinski definition) is 1. The number of nitrogens with zero attached hydrogens (tertiary/aromatic N) is 1. The summed E-state index contributed by atoms with van der Waals surface area (Å²) in [5.41, 5.74) is 0. The zero-order chi connectivity index (χ0) is 19.3. The Morgan fingerprint density at radius 2 is 1.04 bits per heavy atom. The first-order valence-electron chi connectivity index (χ1n) is 11.6. The lowest BCUT2D eigenvalue weighted by atomic mass is 10.0. The lowest BCUT2D eigenvalue weighted by Gasteiger charge is -2.29. The molecular formula is C23H50NO2+. The van der Waals surface area contributed by atoms with Gasteiger partial charge in [-0.25, -0.2) is 0 Å². The van der Waals surface area contributed by atoms with Crippen molar-refractivity contribution in [1.82, 2.24) is 0 Å². The molecule has 26 heavy (non-hydrogen) atoms. The zero-order valence-corrected chi connectivity index (χ0v) is 18.4. The van der Waals surface area contributed by atoms with Crippen LogP contribution in [-0.2, 0) is 4.74 Å². The van der Waals surface area contributed by atoms with Crippen LogP contribution in [0.1, 0.15) is 103 Å². The average Bonchev–Trinajstić information content (AvgIpc) is 2.62. The van der Waals surface area contributed by atoms with Crippen LogP contribution in [0.4, 0.5) is 0 Å². The molecule has 0 aliphatic rings. The van der Waals surface area contributed by atoms with E-state index in [9.17, 15) is 0 Å². The second-order valence-corrected chi connectivity index (χ2v) is 8.67. The molecule has 1 N–H and O–H groups in total. The van der Waals surface area contributed by atoms with Crippen LogP contribution in [0.25, 0.3) is 0 Å². The number of hydrogen-bond acceptors (Lipinski definition) is 2. The Labute approximate surface area is 165 Å². The third kappa shape index (κ3) is 20.2. The van der Waals surface area contributed by atoms with Crippen molar-refractivity contribution < 1.29 is 14.3 Å². The molecule has 158 valence electrons. The van der Waals surface area contributed by atoms with Crippen molar-refractivity contribution >= 4 is 0 Å². The minimum Gasteiger partial charge on any atom is -0.396 e. The van der Waals surface area contributed by atoms with Crippen LogP contribution in [0.5, 0.6) is 0 Å². The molecule has 0 saturated heterocycles. The van der Waals surface area contributed by atoms with Crippen LogP contribution < -0.4 is 0 Å². The number of aliphatic hydroxyl groups is 1. The zero-order valence-electron chi connectivity index (χ0n) is 18.4. The van der Waals surface area contributed by atoms with E-state index < -0.39 is 0 Å². The summed E-state index contributed by atoms with van der Waals surface area (Å²) >= 11 is 0. The number of aliphatic hydroxyl groups excluding tert-OH is 1. The quantitative estimate of drug-likeness (QED) is 0.199. The number of rotatable bonds is 21. The fourth-order valence-corrected chi connectivity index (χ4v) is 3.42. The van der Waals surface area contributed by atoms with Crippen molar-refractivity contribution in [3.05, 3.63) is 0 Å². The molecule has 0 aliphatic carbocycles. The van der Waals surface area contributed by atoms with Crippen LogP contribution in [0, 0.1) is 0 Å². The summed E-state index contributed by atoms with van der Waals surface area (Å²) in [7, 11) is 4.43. The molecule has 0 spiro atoms. The standard InChI is InChI=1S/C23H50NO2/c1-4-5-6-7-8-9-10-11-12-13-14-15-16-17-22-26-23-20-24(2,3)19-18-21-25/h25H,4-23H2,1-3H3/q+1. The second-order valence-electron chi connectivity index (χ2n) is 8.67. The normalized spacial score (nSPS) is 12.0. The summed E-state index contributed by atoms with van der Waals surface area (Å²) in [6, 6.07) is 0. The highest BCUT2D eigenvalue weighted by atomic mass is 16.5. The molecule has 0 aromatic carbocycles. The lowest BCUT2D eigenvalue weighted by Crippen LogP contribution is -2.43. The molecule has 0 fully saturated rings. The first-order valence-corrected chi connectivity index (χ1v) is 11.6. The molecule has 0 atom stereocenters. The van der Waals surface area contributed by atoms with Crippen molar-refractivity contribution in [2.75, 3.05) is 47.0 Å². The van der Waals surface area contributed by atoms with E-state index >= 15 is 0 Å². The Bertz CT molecular complexity index is 269. The van der Waals surface area contributed by atoms with Gasteiger partial charge in [0.25, 0.3) is 0 Å². The average molecular weight is 373 g/mol. The van der Waals surface area contributed by atoms with Crippen molar-refractivity contribution in [2.45, 2.75) is 103 Å². The third-order valence-electron chi connectivity index (χ3n) is 5.40. The van der Waals surface area contributed by atoms with E-state index in [-0.39, 0.29) is 0 Å². The molecule has 0 saturated carbocycles. The Kier molecular flexibility index (Phi) is 19.5. The van der Waals surface area contributed by atoms with E-state index in [0.717, 1.165) is 37.2 Å². The third-order valence-corrected chi connectivity index (χ3v) is 5.40. The fourth-order valence-electron chi connectivity index (χ4n) is 3.42. The Morgan fingerprint density at radius 1 is 0.577 bits per heavy atom. The molecule has 0 rings (SSSR count). The Balaban J connectivity index is 3.13. The van der Waals surface area contributed by atoms with E-state index in [1.54, 1.807) is 0 Å². The smallest absolute Gasteiger partial charge is 0.102 e. The van der Waals surface area contributed by atoms with Crippen LogP contribution in [0.2, 0.25) is 0 Å². The van der Waals surface area contributed by atoms with Gasteiger partial charge in [-0.2, -0.15) is 0 Å². The highest BCUT2D eigenvalue weighted by molar-refractivity contribution is 4.49. The first-order chi connectivity index (χ1) is 12.6. The summed E-state index contributed by atoms with van der Waals surface area (Å²) in [4.78, 5) is 0. The predicted molar refractivity (Wildman–Crippen MR) is 115 cm³/mol. The summed E-state index contributed by atoms with van der Waals surface area (Å²) in [6.45, 7) is 6.41. The molecule has 0 aromatic heterocycles. The molecule has 0 aromatic rings. The van der Waals surface area contributed by atoms with Crippen molar-refractivity contribution in [1.29, 1.82) is 0 Å². The molecule has 0 aliphatic heterocycles. The van der Waals surface area contributed by atoms with Crippen LogP contribution in [0.3, 0.4) is 0 Å². The lowest BCUT2D eigenvalue weighted by molar-refractivity contribution is -0.891. The van der Waals surface area contributed by atoms with Crippen molar-refractivity contribution in [3.63, 3.8) is 0 Å². The number of quaternary nitrogens is 1. The molecule has 0 unspecified atom stereocenters. The van der Waals surface area contributed by atoms with Crippen LogP contribution in [0.15, 0.2) is 0 Å². The van der Waals surface area contributed by atoms with Gasteiger partial charge in [0.1, 0.15) is 6.54 Å². The van der Waals surface area contributed by atoms with Gasteiger partial charge in [0, 0.05) is 19.6 Å². The largest absolute Gasteiger partial charge is 0.396 e. The fraction of sp³-hybridized carbons (Fsp3) is 1.00. The highest BCUT2D eigenvalue weighted by Gasteiger charge is 2.13. The molecule has 0 heterocycles. The van der Waals surface area contributed by atoms with Gasteiger partial charge in [-0.1, -0.05) is 90.4 Å². The number of likely N-dealkylation sites (N-methyl/N-ethyl adjacent to an activating group) is 1. The van der Waals surface area contributed by atoms with Gasteiger partial charge >= 0.3 is 0 Å². The summed E-state index contributed by atoms with van der Waals surface area (Å²) in [5.74, 6) is 0. The Morgan fingerprint density at radius 3 is 1.50 bits per heavy atom. The molecule has 3 nitrogen and oxygen atoms in total. The maximum absolute atomic E-state index is 8.91. The number of ether oxygens (including phenoxy) is 1. The summed E-state index contributed by atoms with van der Waals surface area (Å²) < 4.78 is 6.72. The predicted octanol–water partition coefficient (Wildman–Crippen LogP) is 5.94. The van der Waals surface area contributed by atoms with Crippen molar-refractivity contribution in [2.24, 2.45) is 0 Å². The van der Waals surface area contributed by atoms with Gasteiger partial charge in [0.05, 0.1) is 27.2 Å². The molecule has 0 radical (unpaired) electrons. The summed E-state index contributed by atoms with van der Waals surface area (Å²) in [6.07, 6.45) is 20.5. The maximum atomic E-state index is 8.91. The van der Waals surface area contributed by atoms with E-state index in [1.165, 1.54) is 89.9 Å². The van der Waals surface area contributed by atoms with E-state index in [2.05, 4.69) is 21.0 Å². The minimum absolute atomic E-state index is 0.293. The molecular weight excluding hydrogens is 322 g/mol. The second kappa shape index (κ2) is 19.6. The van der Waals surface area contributed by atoms with Crippen LogP contribution in [-0.4, -0.2) is 56.6 Å². The SMILES string of the molecule is CCCCCCCCCCCCCCCCOCC[N+](C)(C)CCCO. The Hall–Kier alpha value is -0.120. The minimum atomic E-state index is 0.293. The molecule has 0 amide bonds. The van der Waals surface area contributed by atoms with E-state index in [0.29, 0.717) is 6.61 Å². The molecule has 0 bridgehead atoms.